The third-order valence-electron chi connectivity index (χ3n) is 3.49. The van der Waals surface area contributed by atoms with E-state index in [1.54, 1.807) is 0 Å². The molecule has 1 aromatic rings. The molecule has 1 aromatic carbocycles. The van der Waals surface area contributed by atoms with Crippen LogP contribution in [0.25, 0.3) is 0 Å². The molecule has 0 N–H and O–H groups in total. The smallest absolute Gasteiger partial charge is 0.0402 e. The fraction of sp³-hybridized carbons (Fsp3) is 0.571. The van der Waals surface area contributed by atoms with Crippen LogP contribution in [-0.2, 0) is 6.42 Å². The largest absolute Gasteiger partial charge is 0.122 e. The summed E-state index contributed by atoms with van der Waals surface area (Å²) in [6.45, 7) is 2.19. The van der Waals surface area contributed by atoms with E-state index in [0.29, 0.717) is 11.3 Å². The summed E-state index contributed by atoms with van der Waals surface area (Å²) in [7, 11) is 0. The van der Waals surface area contributed by atoms with Gasteiger partial charge in [0.25, 0.3) is 0 Å². The van der Waals surface area contributed by atoms with Crippen molar-refractivity contribution in [1.82, 2.24) is 0 Å². The Morgan fingerprint density at radius 2 is 2.13 bits per heavy atom. The second-order valence-electron chi connectivity index (χ2n) is 4.48. The van der Waals surface area contributed by atoms with Crippen LogP contribution in [0.1, 0.15) is 49.7 Å². The predicted molar refractivity (Wildman–Crippen MR) is 66.7 cm³/mol. The van der Waals surface area contributed by atoms with Gasteiger partial charge in [0.05, 0.1) is 0 Å². The van der Waals surface area contributed by atoms with Crippen LogP contribution in [0.3, 0.4) is 0 Å². The SMILES string of the molecule is CCC(Cl)C1CCCCc2ccccc21. The number of fused-ring (bicyclic) bond motifs is 1. The van der Waals surface area contributed by atoms with Crippen LogP contribution in [0.2, 0.25) is 0 Å². The molecule has 0 radical (unpaired) electrons. The Balaban J connectivity index is 2.32. The van der Waals surface area contributed by atoms with Gasteiger partial charge >= 0.3 is 0 Å². The Morgan fingerprint density at radius 3 is 2.93 bits per heavy atom. The van der Waals surface area contributed by atoms with Crippen LogP contribution in [0.5, 0.6) is 0 Å². The third kappa shape index (κ3) is 2.36. The van der Waals surface area contributed by atoms with Gasteiger partial charge in [-0.05, 0) is 36.8 Å². The number of hydrogen-bond acceptors (Lipinski definition) is 0. The highest BCUT2D eigenvalue weighted by atomic mass is 35.5. The molecular formula is C14H19Cl. The molecule has 0 heterocycles. The van der Waals surface area contributed by atoms with Crippen LogP contribution in [0.15, 0.2) is 24.3 Å². The standard InChI is InChI=1S/C14H19Cl/c1-2-14(15)13-10-6-4-8-11-7-3-5-9-12(11)13/h3,5,7,9,13-14H,2,4,6,8,10H2,1H3. The minimum atomic E-state index is 0.309. The highest BCUT2D eigenvalue weighted by Gasteiger charge is 2.23. The summed E-state index contributed by atoms with van der Waals surface area (Å²) < 4.78 is 0. The summed E-state index contributed by atoms with van der Waals surface area (Å²) >= 11 is 6.44. The average Bonchev–Trinajstić information content (AvgIpc) is 2.50. The predicted octanol–water partition coefficient (Wildman–Crippen LogP) is 4.51. The number of benzene rings is 1. The second-order valence-corrected chi connectivity index (χ2v) is 5.04. The van der Waals surface area contributed by atoms with Gasteiger partial charge in [-0.15, -0.1) is 11.6 Å². The molecule has 15 heavy (non-hydrogen) atoms. The van der Waals surface area contributed by atoms with Gasteiger partial charge in [-0.1, -0.05) is 37.6 Å². The number of alkyl halides is 1. The zero-order chi connectivity index (χ0) is 10.7. The Labute approximate surface area is 97.6 Å². The molecule has 1 heteroatoms. The van der Waals surface area contributed by atoms with Gasteiger partial charge in [0.2, 0.25) is 0 Å². The maximum atomic E-state index is 6.44. The number of hydrogen-bond donors (Lipinski definition) is 0. The quantitative estimate of drug-likeness (QED) is 0.510. The lowest BCUT2D eigenvalue weighted by molar-refractivity contribution is 0.558. The van der Waals surface area contributed by atoms with Crippen molar-refractivity contribution in [2.45, 2.75) is 50.3 Å². The van der Waals surface area contributed by atoms with Crippen LogP contribution in [0, 0.1) is 0 Å². The summed E-state index contributed by atoms with van der Waals surface area (Å²) in [6.07, 6.45) is 6.21. The fourth-order valence-electron chi connectivity index (χ4n) is 2.62. The molecule has 0 saturated heterocycles. The normalized spacial score (nSPS) is 22.9. The molecule has 2 atom stereocenters. The van der Waals surface area contributed by atoms with E-state index in [2.05, 4.69) is 31.2 Å². The molecule has 0 fully saturated rings. The van der Waals surface area contributed by atoms with E-state index in [1.807, 2.05) is 0 Å². The van der Waals surface area contributed by atoms with Gasteiger partial charge in [-0.2, -0.15) is 0 Å². The lowest BCUT2D eigenvalue weighted by atomic mass is 9.89. The lowest BCUT2D eigenvalue weighted by Gasteiger charge is -2.21. The number of aryl methyl sites for hydroxylation is 1. The molecular weight excluding hydrogens is 204 g/mol. The van der Waals surface area contributed by atoms with E-state index in [0.717, 1.165) is 6.42 Å². The minimum absolute atomic E-state index is 0.309. The van der Waals surface area contributed by atoms with Gasteiger partial charge in [0.1, 0.15) is 0 Å². The molecule has 0 spiro atoms. The molecule has 0 amide bonds. The monoisotopic (exact) mass is 222 g/mol. The third-order valence-corrected chi connectivity index (χ3v) is 4.11. The Hall–Kier alpha value is -0.490. The van der Waals surface area contributed by atoms with Gasteiger partial charge in [0.15, 0.2) is 0 Å². The number of rotatable bonds is 2. The molecule has 0 saturated carbocycles. The van der Waals surface area contributed by atoms with E-state index >= 15 is 0 Å². The molecule has 0 aromatic heterocycles. The summed E-state index contributed by atoms with van der Waals surface area (Å²) in [5, 5.41) is 0.309. The highest BCUT2D eigenvalue weighted by Crippen LogP contribution is 2.36. The molecule has 2 unspecified atom stereocenters. The van der Waals surface area contributed by atoms with Crippen molar-refractivity contribution < 1.29 is 0 Å². The molecule has 0 nitrogen and oxygen atoms in total. The maximum Gasteiger partial charge on any atom is 0.0402 e. The first-order valence-electron chi connectivity index (χ1n) is 6.04. The molecule has 0 aliphatic heterocycles. The van der Waals surface area contributed by atoms with Crippen molar-refractivity contribution in [3.63, 3.8) is 0 Å². The highest BCUT2D eigenvalue weighted by molar-refractivity contribution is 6.21. The Kier molecular flexibility index (Phi) is 3.69. The van der Waals surface area contributed by atoms with E-state index < -0.39 is 0 Å². The number of halogens is 1. The van der Waals surface area contributed by atoms with Gasteiger partial charge in [-0.3, -0.25) is 0 Å². The van der Waals surface area contributed by atoms with Crippen LogP contribution in [0.4, 0.5) is 0 Å². The van der Waals surface area contributed by atoms with E-state index in [1.165, 1.54) is 36.8 Å². The van der Waals surface area contributed by atoms with E-state index in [9.17, 15) is 0 Å². The van der Waals surface area contributed by atoms with Gasteiger partial charge in [0, 0.05) is 11.3 Å². The first kappa shape index (κ1) is 11.0. The van der Waals surface area contributed by atoms with Crippen molar-refractivity contribution in [2.75, 3.05) is 0 Å². The second kappa shape index (κ2) is 5.03. The maximum absolute atomic E-state index is 6.44. The molecule has 82 valence electrons. The zero-order valence-electron chi connectivity index (χ0n) is 9.38. The summed E-state index contributed by atoms with van der Waals surface area (Å²) in [6, 6.07) is 8.84. The topological polar surface area (TPSA) is 0 Å². The molecule has 1 aliphatic carbocycles. The van der Waals surface area contributed by atoms with Crippen LogP contribution >= 0.6 is 11.6 Å². The minimum Gasteiger partial charge on any atom is -0.122 e. The summed E-state index contributed by atoms with van der Waals surface area (Å²) in [5.41, 5.74) is 3.04. The summed E-state index contributed by atoms with van der Waals surface area (Å²) in [4.78, 5) is 0. The average molecular weight is 223 g/mol. The van der Waals surface area contributed by atoms with Crippen molar-refractivity contribution in [3.05, 3.63) is 35.4 Å². The molecule has 0 bridgehead atoms. The van der Waals surface area contributed by atoms with Crippen molar-refractivity contribution in [2.24, 2.45) is 0 Å². The van der Waals surface area contributed by atoms with Gasteiger partial charge < -0.3 is 0 Å². The van der Waals surface area contributed by atoms with Crippen molar-refractivity contribution >= 4 is 11.6 Å². The fourth-order valence-corrected chi connectivity index (χ4v) is 2.88. The summed E-state index contributed by atoms with van der Waals surface area (Å²) in [5.74, 6) is 0.579. The Bertz CT molecular complexity index is 319. The van der Waals surface area contributed by atoms with Crippen LogP contribution < -0.4 is 0 Å². The molecule has 1 aliphatic rings. The lowest BCUT2D eigenvalue weighted by Crippen LogP contribution is -2.12. The Morgan fingerprint density at radius 1 is 1.33 bits per heavy atom. The van der Waals surface area contributed by atoms with E-state index in [4.69, 9.17) is 11.6 Å². The van der Waals surface area contributed by atoms with E-state index in [-0.39, 0.29) is 0 Å². The van der Waals surface area contributed by atoms with Crippen LogP contribution in [-0.4, -0.2) is 5.38 Å². The first-order valence-corrected chi connectivity index (χ1v) is 6.48. The van der Waals surface area contributed by atoms with Crippen molar-refractivity contribution in [1.29, 1.82) is 0 Å². The molecule has 2 rings (SSSR count). The van der Waals surface area contributed by atoms with Gasteiger partial charge in [-0.25, -0.2) is 0 Å². The first-order chi connectivity index (χ1) is 7.33. The zero-order valence-corrected chi connectivity index (χ0v) is 10.1. The van der Waals surface area contributed by atoms with Crippen molar-refractivity contribution in [3.8, 4) is 0 Å².